The molecule has 0 aromatic rings. The summed E-state index contributed by atoms with van der Waals surface area (Å²) in [6.07, 6.45) is 0.796. The number of carbonyl (C=O) groups excluding carboxylic acids is 3. The maximum Gasteiger partial charge on any atom is 0.323 e. The molecule has 0 spiro atoms. The minimum Gasteiger partial charge on any atom is -0.465 e. The van der Waals surface area contributed by atoms with Gasteiger partial charge < -0.3 is 14.3 Å². The molecule has 0 saturated heterocycles. The van der Waals surface area contributed by atoms with Crippen LogP contribution in [0.4, 0.5) is 0 Å². The van der Waals surface area contributed by atoms with Gasteiger partial charge in [-0.3, -0.25) is 9.59 Å². The van der Waals surface area contributed by atoms with Crippen molar-refractivity contribution in [2.24, 2.45) is 11.3 Å². The van der Waals surface area contributed by atoms with Crippen LogP contribution >= 0.6 is 0 Å². The Morgan fingerprint density at radius 2 is 1.59 bits per heavy atom. The molecule has 0 aliphatic carbocycles. The molecule has 1 atom stereocenters. The first-order valence-electron chi connectivity index (χ1n) is 5.72. The van der Waals surface area contributed by atoms with Crippen LogP contribution in [0.5, 0.6) is 0 Å². The molecule has 0 rings (SSSR count). The molecule has 0 amide bonds. The van der Waals surface area contributed by atoms with E-state index in [1.54, 1.807) is 20.8 Å². The predicted octanol–water partition coefficient (Wildman–Crippen LogP) is 1.34. The molecule has 17 heavy (non-hydrogen) atoms. The van der Waals surface area contributed by atoms with Crippen LogP contribution in [0.15, 0.2) is 0 Å². The number of hydrogen-bond donors (Lipinski definition) is 0. The molecule has 0 heterocycles. The first-order chi connectivity index (χ1) is 7.92. The predicted molar refractivity (Wildman–Crippen MR) is 61.2 cm³/mol. The molecule has 0 N–H and O–H groups in total. The second kappa shape index (κ2) is 7.04. The lowest BCUT2D eigenvalue weighted by Gasteiger charge is -2.26. The summed E-state index contributed by atoms with van der Waals surface area (Å²) < 4.78 is 9.73. The van der Waals surface area contributed by atoms with Gasteiger partial charge >= 0.3 is 11.9 Å². The first kappa shape index (κ1) is 15.6. The lowest BCUT2D eigenvalue weighted by Crippen LogP contribution is -2.41. The van der Waals surface area contributed by atoms with E-state index in [1.807, 2.05) is 0 Å². The van der Waals surface area contributed by atoms with Gasteiger partial charge in [-0.1, -0.05) is 6.92 Å². The standard InChI is InChI=1S/C12H20O5/c1-5-16-10(14)12(4,7-9(3)8-13)11(15)17-6-2/h8-9H,5-7H2,1-4H3. The van der Waals surface area contributed by atoms with Crippen molar-refractivity contribution < 1.29 is 23.9 Å². The highest BCUT2D eigenvalue weighted by Crippen LogP contribution is 2.29. The third kappa shape index (κ3) is 4.17. The van der Waals surface area contributed by atoms with Crippen molar-refractivity contribution in [2.45, 2.75) is 34.1 Å². The van der Waals surface area contributed by atoms with E-state index in [9.17, 15) is 14.4 Å². The average molecular weight is 244 g/mol. The average Bonchev–Trinajstić information content (AvgIpc) is 2.29. The minimum absolute atomic E-state index is 0.0914. The Kier molecular flexibility index (Phi) is 6.46. The van der Waals surface area contributed by atoms with Gasteiger partial charge in [-0.2, -0.15) is 0 Å². The smallest absolute Gasteiger partial charge is 0.323 e. The number of ether oxygens (including phenoxy) is 2. The molecule has 0 fully saturated rings. The van der Waals surface area contributed by atoms with Crippen LogP contribution in [0.3, 0.4) is 0 Å². The molecule has 0 aliphatic rings. The maximum atomic E-state index is 11.8. The molecule has 0 bridgehead atoms. The van der Waals surface area contributed by atoms with Crippen LogP contribution in [0, 0.1) is 11.3 Å². The van der Waals surface area contributed by atoms with E-state index in [2.05, 4.69) is 0 Å². The largest absolute Gasteiger partial charge is 0.465 e. The van der Waals surface area contributed by atoms with Crippen LogP contribution < -0.4 is 0 Å². The highest BCUT2D eigenvalue weighted by molar-refractivity contribution is 5.99. The van der Waals surface area contributed by atoms with Gasteiger partial charge in [0.2, 0.25) is 0 Å². The lowest BCUT2D eigenvalue weighted by atomic mass is 9.82. The summed E-state index contributed by atoms with van der Waals surface area (Å²) in [5.41, 5.74) is -1.41. The van der Waals surface area contributed by atoms with Crippen molar-refractivity contribution in [1.82, 2.24) is 0 Å². The first-order valence-corrected chi connectivity index (χ1v) is 5.72. The molecule has 0 aromatic heterocycles. The van der Waals surface area contributed by atoms with E-state index in [0.717, 1.165) is 0 Å². The van der Waals surface area contributed by atoms with Crippen molar-refractivity contribution in [3.05, 3.63) is 0 Å². The molecule has 5 nitrogen and oxygen atoms in total. The van der Waals surface area contributed by atoms with Crippen LogP contribution in [-0.2, 0) is 23.9 Å². The van der Waals surface area contributed by atoms with Gasteiger partial charge in [-0.05, 0) is 27.2 Å². The number of aldehydes is 1. The number of rotatable bonds is 7. The molecule has 0 radical (unpaired) electrons. The second-order valence-electron chi connectivity index (χ2n) is 4.09. The van der Waals surface area contributed by atoms with Gasteiger partial charge in [0, 0.05) is 5.92 Å². The normalized spacial score (nSPS) is 12.7. The Morgan fingerprint density at radius 1 is 1.18 bits per heavy atom. The van der Waals surface area contributed by atoms with E-state index in [1.165, 1.54) is 6.92 Å². The maximum absolute atomic E-state index is 11.8. The van der Waals surface area contributed by atoms with E-state index in [0.29, 0.717) is 6.29 Å². The Bertz CT molecular complexity index is 267. The topological polar surface area (TPSA) is 69.7 Å². The molecule has 0 saturated carbocycles. The quantitative estimate of drug-likeness (QED) is 0.384. The summed E-state index contributed by atoms with van der Waals surface area (Å²) >= 11 is 0. The van der Waals surface area contributed by atoms with Crippen molar-refractivity contribution in [3.63, 3.8) is 0 Å². The number of esters is 2. The van der Waals surface area contributed by atoms with Gasteiger partial charge in [0.15, 0.2) is 5.41 Å². The molecule has 0 aliphatic heterocycles. The van der Waals surface area contributed by atoms with Crippen LogP contribution in [0.2, 0.25) is 0 Å². The van der Waals surface area contributed by atoms with Crippen molar-refractivity contribution >= 4 is 18.2 Å². The summed E-state index contributed by atoms with van der Waals surface area (Å²) in [4.78, 5) is 34.2. The summed E-state index contributed by atoms with van der Waals surface area (Å²) in [6.45, 7) is 6.78. The molecular weight excluding hydrogens is 224 g/mol. The van der Waals surface area contributed by atoms with Crippen LogP contribution in [0.25, 0.3) is 0 Å². The third-order valence-electron chi connectivity index (χ3n) is 2.41. The number of hydrogen-bond acceptors (Lipinski definition) is 5. The fraction of sp³-hybridized carbons (Fsp3) is 0.750. The Morgan fingerprint density at radius 3 is 1.88 bits per heavy atom. The van der Waals surface area contributed by atoms with Gasteiger partial charge in [0.05, 0.1) is 13.2 Å². The molecule has 1 unspecified atom stereocenters. The summed E-state index contributed by atoms with van der Waals surface area (Å²) in [6, 6.07) is 0. The fourth-order valence-electron chi connectivity index (χ4n) is 1.52. The summed E-state index contributed by atoms with van der Waals surface area (Å²) in [5, 5.41) is 0. The zero-order chi connectivity index (χ0) is 13.5. The van der Waals surface area contributed by atoms with E-state index >= 15 is 0 Å². The summed E-state index contributed by atoms with van der Waals surface area (Å²) in [5.74, 6) is -1.70. The van der Waals surface area contributed by atoms with E-state index in [-0.39, 0.29) is 19.6 Å². The lowest BCUT2D eigenvalue weighted by molar-refractivity contribution is -0.171. The van der Waals surface area contributed by atoms with Crippen molar-refractivity contribution in [3.8, 4) is 0 Å². The van der Waals surface area contributed by atoms with Gasteiger partial charge in [-0.15, -0.1) is 0 Å². The fourth-order valence-corrected chi connectivity index (χ4v) is 1.52. The SMILES string of the molecule is CCOC(=O)C(C)(CC(C)C=O)C(=O)OCC. The number of carbonyl (C=O) groups is 3. The van der Waals surface area contributed by atoms with Gasteiger partial charge in [-0.25, -0.2) is 0 Å². The zero-order valence-corrected chi connectivity index (χ0v) is 10.8. The van der Waals surface area contributed by atoms with E-state index in [4.69, 9.17) is 9.47 Å². The highest BCUT2D eigenvalue weighted by atomic mass is 16.6. The Hall–Kier alpha value is -1.39. The van der Waals surface area contributed by atoms with Gasteiger partial charge in [0.1, 0.15) is 6.29 Å². The van der Waals surface area contributed by atoms with Gasteiger partial charge in [0.25, 0.3) is 0 Å². The zero-order valence-electron chi connectivity index (χ0n) is 10.8. The second-order valence-corrected chi connectivity index (χ2v) is 4.09. The Labute approximate surface area is 101 Å². The Balaban J connectivity index is 4.97. The summed E-state index contributed by atoms with van der Waals surface area (Å²) in [7, 11) is 0. The molecular formula is C12H20O5. The van der Waals surface area contributed by atoms with Crippen molar-refractivity contribution in [1.29, 1.82) is 0 Å². The minimum atomic E-state index is -1.41. The molecule has 5 heteroatoms. The van der Waals surface area contributed by atoms with Crippen LogP contribution in [0.1, 0.15) is 34.1 Å². The van der Waals surface area contributed by atoms with Crippen LogP contribution in [-0.4, -0.2) is 31.4 Å². The monoisotopic (exact) mass is 244 g/mol. The highest BCUT2D eigenvalue weighted by Gasteiger charge is 2.45. The van der Waals surface area contributed by atoms with Crippen molar-refractivity contribution in [2.75, 3.05) is 13.2 Å². The molecule has 0 aromatic carbocycles. The molecule has 98 valence electrons. The van der Waals surface area contributed by atoms with E-state index < -0.39 is 23.3 Å². The third-order valence-corrected chi connectivity index (χ3v) is 2.41.